The van der Waals surface area contributed by atoms with Crippen LogP contribution in [-0.2, 0) is 16.6 Å². The van der Waals surface area contributed by atoms with Crippen molar-refractivity contribution in [1.82, 2.24) is 9.55 Å². The van der Waals surface area contributed by atoms with E-state index >= 15 is 0 Å². The zero-order valence-corrected chi connectivity index (χ0v) is 11.8. The van der Waals surface area contributed by atoms with Crippen LogP contribution in [0.1, 0.15) is 0 Å². The quantitative estimate of drug-likeness (QED) is 0.850. The molecule has 0 spiro atoms. The highest BCUT2D eigenvalue weighted by atomic mass is 32.2. The summed E-state index contributed by atoms with van der Waals surface area (Å²) >= 11 is 0. The molecule has 1 aliphatic rings. The van der Waals surface area contributed by atoms with E-state index in [4.69, 9.17) is 4.74 Å². The summed E-state index contributed by atoms with van der Waals surface area (Å²) in [4.78, 5) is 3.98. The van der Waals surface area contributed by atoms with Crippen LogP contribution in [-0.4, -0.2) is 36.9 Å². The minimum atomic E-state index is -3.32. The number of benzene rings is 1. The molecule has 1 atom stereocenters. The van der Waals surface area contributed by atoms with E-state index in [2.05, 4.69) is 4.98 Å². The third-order valence-electron chi connectivity index (χ3n) is 3.17. The van der Waals surface area contributed by atoms with Crippen LogP contribution in [0.15, 0.2) is 43.0 Å². The molecule has 0 saturated heterocycles. The van der Waals surface area contributed by atoms with E-state index in [0.717, 1.165) is 0 Å². The number of sulfonamides is 1. The summed E-state index contributed by atoms with van der Waals surface area (Å²) in [5, 5.41) is 0. The Hall–Kier alpha value is -2.02. The first-order valence-electron chi connectivity index (χ1n) is 6.23. The molecule has 1 aliphatic heterocycles. The van der Waals surface area contributed by atoms with Gasteiger partial charge in [0.1, 0.15) is 11.9 Å². The van der Waals surface area contributed by atoms with Gasteiger partial charge in [-0.2, -0.15) is 0 Å². The normalized spacial score (nSPS) is 18.4. The molecule has 0 aliphatic carbocycles. The third-order valence-corrected chi connectivity index (χ3v) is 4.32. The molecule has 3 rings (SSSR count). The van der Waals surface area contributed by atoms with E-state index in [-0.39, 0.29) is 6.10 Å². The molecular weight excluding hydrogens is 278 g/mol. The van der Waals surface area contributed by atoms with Crippen molar-refractivity contribution in [3.05, 3.63) is 43.0 Å². The van der Waals surface area contributed by atoms with Crippen molar-refractivity contribution < 1.29 is 13.2 Å². The molecule has 0 fully saturated rings. The lowest BCUT2D eigenvalue weighted by molar-refractivity contribution is 0.179. The monoisotopic (exact) mass is 293 g/mol. The molecule has 0 amide bonds. The Bertz CT molecular complexity index is 697. The molecule has 1 unspecified atom stereocenters. The van der Waals surface area contributed by atoms with Gasteiger partial charge in [0.2, 0.25) is 10.0 Å². The molecule has 106 valence electrons. The minimum absolute atomic E-state index is 0.242. The average Bonchev–Trinajstić information content (AvgIpc) is 2.89. The van der Waals surface area contributed by atoms with Gasteiger partial charge < -0.3 is 9.30 Å². The van der Waals surface area contributed by atoms with Crippen molar-refractivity contribution in [2.75, 3.05) is 17.1 Å². The summed E-state index contributed by atoms with van der Waals surface area (Å²) in [6, 6.07) is 7.17. The van der Waals surface area contributed by atoms with Crippen LogP contribution in [0, 0.1) is 0 Å². The lowest BCUT2D eigenvalue weighted by Gasteiger charge is -2.34. The predicted molar refractivity (Wildman–Crippen MR) is 75.3 cm³/mol. The highest BCUT2D eigenvalue weighted by Gasteiger charge is 2.30. The van der Waals surface area contributed by atoms with Crippen LogP contribution in [0.2, 0.25) is 0 Å². The number of nitrogens with zero attached hydrogens (tertiary/aromatic N) is 3. The van der Waals surface area contributed by atoms with Gasteiger partial charge in [-0.25, -0.2) is 13.4 Å². The van der Waals surface area contributed by atoms with Crippen molar-refractivity contribution >= 4 is 15.7 Å². The van der Waals surface area contributed by atoms with Gasteiger partial charge >= 0.3 is 0 Å². The molecule has 0 N–H and O–H groups in total. The van der Waals surface area contributed by atoms with Gasteiger partial charge in [-0.1, -0.05) is 12.1 Å². The van der Waals surface area contributed by atoms with Gasteiger partial charge in [0, 0.05) is 12.4 Å². The SMILES string of the molecule is CS(=O)(=O)N1CC(Cn2ccnc2)Oc2ccccc21. The molecule has 20 heavy (non-hydrogen) atoms. The fraction of sp³-hybridized carbons (Fsp3) is 0.308. The van der Waals surface area contributed by atoms with Gasteiger partial charge in [0.15, 0.2) is 0 Å². The standard InChI is InChI=1S/C13H15N3O3S/c1-20(17,18)16-9-11(8-15-7-6-14-10-15)19-13-5-3-2-4-12(13)16/h2-7,10-11H,8-9H2,1H3. The maximum absolute atomic E-state index is 11.9. The molecule has 1 aromatic carbocycles. The number of ether oxygens (including phenoxy) is 1. The highest BCUT2D eigenvalue weighted by molar-refractivity contribution is 7.92. The third kappa shape index (κ3) is 2.49. The van der Waals surface area contributed by atoms with Crippen LogP contribution in [0.3, 0.4) is 0 Å². The topological polar surface area (TPSA) is 64.4 Å². The predicted octanol–water partition coefficient (Wildman–Crippen LogP) is 1.11. The summed E-state index contributed by atoms with van der Waals surface area (Å²) in [6.07, 6.45) is 6.17. The van der Waals surface area contributed by atoms with Crippen molar-refractivity contribution in [1.29, 1.82) is 0 Å². The van der Waals surface area contributed by atoms with E-state index < -0.39 is 10.0 Å². The first-order valence-corrected chi connectivity index (χ1v) is 8.08. The Morgan fingerprint density at radius 2 is 2.20 bits per heavy atom. The summed E-state index contributed by atoms with van der Waals surface area (Å²) in [6.45, 7) is 0.856. The number of imidazole rings is 1. The molecule has 0 saturated carbocycles. The second kappa shape index (κ2) is 4.82. The lowest BCUT2D eigenvalue weighted by atomic mass is 10.2. The van der Waals surface area contributed by atoms with Crippen molar-refractivity contribution in [3.63, 3.8) is 0 Å². The van der Waals surface area contributed by atoms with Gasteiger partial charge in [-0.3, -0.25) is 4.31 Å². The van der Waals surface area contributed by atoms with Crippen molar-refractivity contribution in [2.45, 2.75) is 12.6 Å². The Balaban J connectivity index is 1.92. The van der Waals surface area contributed by atoms with Crippen LogP contribution in [0.25, 0.3) is 0 Å². The van der Waals surface area contributed by atoms with Crippen LogP contribution in [0.4, 0.5) is 5.69 Å². The molecule has 7 heteroatoms. The Kier molecular flexibility index (Phi) is 3.13. The largest absolute Gasteiger partial charge is 0.484 e. The van der Waals surface area contributed by atoms with E-state index in [0.29, 0.717) is 24.5 Å². The van der Waals surface area contributed by atoms with Gasteiger partial charge in [0.25, 0.3) is 0 Å². The number of fused-ring (bicyclic) bond motifs is 1. The van der Waals surface area contributed by atoms with E-state index in [1.807, 2.05) is 16.8 Å². The molecule has 2 aromatic rings. The van der Waals surface area contributed by atoms with Gasteiger partial charge in [0.05, 0.1) is 31.4 Å². The van der Waals surface area contributed by atoms with E-state index in [1.54, 1.807) is 30.7 Å². The van der Waals surface area contributed by atoms with Crippen LogP contribution < -0.4 is 9.04 Å². The summed E-state index contributed by atoms with van der Waals surface area (Å²) < 4.78 is 33.0. The summed E-state index contributed by atoms with van der Waals surface area (Å²) in [7, 11) is -3.32. The average molecular weight is 293 g/mol. The fourth-order valence-corrected chi connectivity index (χ4v) is 3.25. The smallest absolute Gasteiger partial charge is 0.232 e. The van der Waals surface area contributed by atoms with E-state index in [9.17, 15) is 8.42 Å². The number of aromatic nitrogens is 2. The molecule has 2 heterocycles. The highest BCUT2D eigenvalue weighted by Crippen LogP contribution is 2.34. The number of hydrogen-bond acceptors (Lipinski definition) is 4. The second-order valence-corrected chi connectivity index (χ2v) is 6.67. The number of rotatable bonds is 3. The van der Waals surface area contributed by atoms with Crippen molar-refractivity contribution in [3.8, 4) is 5.75 Å². The maximum atomic E-state index is 11.9. The van der Waals surface area contributed by atoms with Crippen LogP contribution in [0.5, 0.6) is 5.75 Å². The first kappa shape index (κ1) is 13.0. The maximum Gasteiger partial charge on any atom is 0.232 e. The summed E-state index contributed by atoms with van der Waals surface area (Å²) in [5.41, 5.74) is 0.594. The Morgan fingerprint density at radius 1 is 1.40 bits per heavy atom. The van der Waals surface area contributed by atoms with Gasteiger partial charge in [-0.05, 0) is 12.1 Å². The zero-order valence-electron chi connectivity index (χ0n) is 11.0. The Labute approximate surface area is 117 Å². The fourth-order valence-electron chi connectivity index (χ4n) is 2.30. The minimum Gasteiger partial charge on any atom is -0.484 e. The molecule has 0 bridgehead atoms. The Morgan fingerprint density at radius 3 is 2.90 bits per heavy atom. The summed E-state index contributed by atoms with van der Waals surface area (Å²) in [5.74, 6) is 0.592. The van der Waals surface area contributed by atoms with Gasteiger partial charge in [-0.15, -0.1) is 0 Å². The zero-order chi connectivity index (χ0) is 14.2. The second-order valence-electron chi connectivity index (χ2n) is 4.76. The lowest BCUT2D eigenvalue weighted by Crippen LogP contribution is -2.44. The number of hydrogen-bond donors (Lipinski definition) is 0. The first-order chi connectivity index (χ1) is 9.54. The van der Waals surface area contributed by atoms with Crippen LogP contribution >= 0.6 is 0 Å². The van der Waals surface area contributed by atoms with E-state index in [1.165, 1.54) is 10.6 Å². The molecular formula is C13H15N3O3S. The number of anilines is 1. The van der Waals surface area contributed by atoms with Crippen molar-refractivity contribution in [2.24, 2.45) is 0 Å². The molecule has 6 nitrogen and oxygen atoms in total. The molecule has 1 aromatic heterocycles. The molecule has 0 radical (unpaired) electrons. The number of para-hydroxylation sites is 2.